The molecule has 2 aliphatic rings. The van der Waals surface area contributed by atoms with Crippen molar-refractivity contribution in [3.05, 3.63) is 215 Å². The van der Waals surface area contributed by atoms with Gasteiger partial charge >= 0.3 is 0 Å². The molecule has 0 radical (unpaired) electrons. The van der Waals surface area contributed by atoms with Crippen molar-refractivity contribution in [1.29, 1.82) is 0 Å². The van der Waals surface area contributed by atoms with Crippen molar-refractivity contribution in [3.8, 4) is 33.4 Å². The van der Waals surface area contributed by atoms with Gasteiger partial charge in [0.2, 0.25) is 0 Å². The number of benzene rings is 9. The summed E-state index contributed by atoms with van der Waals surface area (Å²) in [5.74, 6) is -0.0341. The third-order valence-electron chi connectivity index (χ3n) is 13.8. The molecule has 1 heteroatoms. The first-order valence-corrected chi connectivity index (χ1v) is 20.6. The molecule has 276 valence electrons. The van der Waals surface area contributed by atoms with Crippen LogP contribution in [-0.2, 0) is 10.8 Å². The fourth-order valence-corrected chi connectivity index (χ4v) is 10.9. The number of fused-ring (bicyclic) bond motifs is 11. The SMILES string of the molecule is CC1(C)c2ccccc2-c2ccc(-c3c4ccccc4cc4c3oc3cccc(C(c5ccc6c(c5)C(C)(C)c5ccccc5-6)c5ccc6ccccc6c5)c34)cc21. The minimum atomic E-state index is -0.107. The van der Waals surface area contributed by atoms with Crippen LogP contribution in [0.15, 0.2) is 180 Å². The van der Waals surface area contributed by atoms with Crippen molar-refractivity contribution in [3.63, 3.8) is 0 Å². The van der Waals surface area contributed by atoms with Gasteiger partial charge in [-0.05, 0) is 107 Å². The molecule has 9 aromatic carbocycles. The molecule has 0 N–H and O–H groups in total. The Morgan fingerprint density at radius 3 is 1.76 bits per heavy atom. The van der Waals surface area contributed by atoms with E-state index in [1.807, 2.05) is 0 Å². The predicted molar refractivity (Wildman–Crippen MR) is 243 cm³/mol. The molecular formula is C57H42O. The third kappa shape index (κ3) is 4.59. The summed E-state index contributed by atoms with van der Waals surface area (Å²) >= 11 is 0. The van der Waals surface area contributed by atoms with Crippen LogP contribution in [-0.4, -0.2) is 0 Å². The summed E-state index contributed by atoms with van der Waals surface area (Å²) in [6, 6.07) is 65.8. The van der Waals surface area contributed by atoms with Crippen molar-refractivity contribution < 1.29 is 4.42 Å². The van der Waals surface area contributed by atoms with Crippen molar-refractivity contribution in [2.75, 3.05) is 0 Å². The average Bonchev–Trinajstić information content (AvgIpc) is 3.82. The van der Waals surface area contributed by atoms with E-state index in [9.17, 15) is 0 Å². The van der Waals surface area contributed by atoms with Crippen LogP contribution >= 0.6 is 0 Å². The Labute approximate surface area is 339 Å². The molecule has 12 rings (SSSR count). The van der Waals surface area contributed by atoms with Gasteiger partial charge in [-0.2, -0.15) is 0 Å². The minimum absolute atomic E-state index is 0.0341. The molecule has 1 unspecified atom stereocenters. The van der Waals surface area contributed by atoms with Gasteiger partial charge in [-0.1, -0.05) is 185 Å². The van der Waals surface area contributed by atoms with Gasteiger partial charge in [0.15, 0.2) is 0 Å². The zero-order valence-electron chi connectivity index (χ0n) is 33.2. The lowest BCUT2D eigenvalue weighted by Gasteiger charge is -2.25. The summed E-state index contributed by atoms with van der Waals surface area (Å²) in [6.45, 7) is 9.48. The third-order valence-corrected chi connectivity index (χ3v) is 13.8. The van der Waals surface area contributed by atoms with Crippen LogP contribution < -0.4 is 0 Å². The highest BCUT2D eigenvalue weighted by molar-refractivity contribution is 6.19. The summed E-state index contributed by atoms with van der Waals surface area (Å²) < 4.78 is 7.16. The standard InChI is InChI=1S/C57H42O/c1-56(2)47-21-11-9-18-41(47)43-28-26-38(32-49(43)56)52(37-25-24-34-14-5-6-15-35(34)30-37)45-20-13-23-51-54(45)46-31-36-16-7-8-17-40(36)53(55(46)58-51)39-27-29-44-42-19-10-12-22-48(42)57(3,4)50(44)33-39/h5-33,52H,1-4H3. The molecule has 0 saturated carbocycles. The normalized spacial score (nSPS) is 15.1. The second-order valence-corrected chi connectivity index (χ2v) is 17.6. The van der Waals surface area contributed by atoms with Crippen LogP contribution in [0.4, 0.5) is 0 Å². The van der Waals surface area contributed by atoms with E-state index in [-0.39, 0.29) is 16.7 Å². The molecule has 0 bridgehead atoms. The molecule has 1 atom stereocenters. The van der Waals surface area contributed by atoms with E-state index < -0.39 is 0 Å². The van der Waals surface area contributed by atoms with Gasteiger partial charge in [-0.15, -0.1) is 0 Å². The number of hydrogen-bond donors (Lipinski definition) is 0. The summed E-state index contributed by atoms with van der Waals surface area (Å²) in [4.78, 5) is 0. The maximum atomic E-state index is 7.16. The first kappa shape index (κ1) is 33.4. The minimum Gasteiger partial charge on any atom is -0.455 e. The van der Waals surface area contributed by atoms with Crippen molar-refractivity contribution in [1.82, 2.24) is 0 Å². The van der Waals surface area contributed by atoms with Gasteiger partial charge in [-0.3, -0.25) is 0 Å². The highest BCUT2D eigenvalue weighted by atomic mass is 16.3. The smallest absolute Gasteiger partial charge is 0.143 e. The van der Waals surface area contributed by atoms with Gasteiger partial charge in [0.1, 0.15) is 11.2 Å². The van der Waals surface area contributed by atoms with Crippen LogP contribution in [0.1, 0.15) is 72.6 Å². The predicted octanol–water partition coefficient (Wildman–Crippen LogP) is 15.4. The van der Waals surface area contributed by atoms with Gasteiger partial charge in [-0.25, -0.2) is 0 Å². The van der Waals surface area contributed by atoms with Crippen LogP contribution in [0.2, 0.25) is 0 Å². The van der Waals surface area contributed by atoms with E-state index in [1.165, 1.54) is 93.7 Å². The van der Waals surface area contributed by atoms with Crippen LogP contribution in [0.25, 0.3) is 76.9 Å². The molecule has 1 heterocycles. The fourth-order valence-electron chi connectivity index (χ4n) is 10.9. The summed E-state index contributed by atoms with van der Waals surface area (Å²) in [5, 5.41) is 7.25. The first-order valence-electron chi connectivity index (χ1n) is 20.6. The molecule has 10 aromatic rings. The quantitative estimate of drug-likeness (QED) is 0.164. The Bertz CT molecular complexity index is 3350. The zero-order chi connectivity index (χ0) is 38.9. The highest BCUT2D eigenvalue weighted by Gasteiger charge is 2.37. The second kappa shape index (κ2) is 11.9. The van der Waals surface area contributed by atoms with Crippen molar-refractivity contribution >= 4 is 43.5 Å². The molecule has 0 spiro atoms. The number of hydrogen-bond acceptors (Lipinski definition) is 1. The molecular weight excluding hydrogens is 701 g/mol. The molecule has 2 aliphatic carbocycles. The average molecular weight is 743 g/mol. The van der Waals surface area contributed by atoms with Gasteiger partial charge in [0.05, 0.1) is 0 Å². The second-order valence-electron chi connectivity index (χ2n) is 17.6. The van der Waals surface area contributed by atoms with E-state index in [0.717, 1.165) is 22.1 Å². The van der Waals surface area contributed by atoms with Gasteiger partial charge in [0, 0.05) is 33.1 Å². The lowest BCUT2D eigenvalue weighted by Crippen LogP contribution is -2.15. The van der Waals surface area contributed by atoms with Crippen molar-refractivity contribution in [2.24, 2.45) is 0 Å². The first-order chi connectivity index (χ1) is 28.3. The van der Waals surface area contributed by atoms with E-state index in [4.69, 9.17) is 4.42 Å². The summed E-state index contributed by atoms with van der Waals surface area (Å²) in [6.07, 6.45) is 0. The van der Waals surface area contributed by atoms with Crippen LogP contribution in [0.5, 0.6) is 0 Å². The Morgan fingerprint density at radius 1 is 0.414 bits per heavy atom. The Morgan fingerprint density at radius 2 is 1.00 bits per heavy atom. The zero-order valence-corrected chi connectivity index (χ0v) is 33.2. The van der Waals surface area contributed by atoms with Crippen molar-refractivity contribution in [2.45, 2.75) is 44.4 Å². The Hall–Kier alpha value is -6.70. The van der Waals surface area contributed by atoms with Crippen LogP contribution in [0, 0.1) is 0 Å². The Kier molecular flexibility index (Phi) is 6.87. The number of rotatable bonds is 4. The monoisotopic (exact) mass is 742 g/mol. The van der Waals surface area contributed by atoms with Gasteiger partial charge < -0.3 is 4.42 Å². The summed E-state index contributed by atoms with van der Waals surface area (Å²) in [5.41, 5.74) is 18.7. The van der Waals surface area contributed by atoms with E-state index in [0.29, 0.717) is 0 Å². The summed E-state index contributed by atoms with van der Waals surface area (Å²) in [7, 11) is 0. The van der Waals surface area contributed by atoms with E-state index >= 15 is 0 Å². The topological polar surface area (TPSA) is 13.1 Å². The molecule has 1 nitrogen and oxygen atoms in total. The maximum Gasteiger partial charge on any atom is 0.143 e. The Balaban J connectivity index is 1.13. The highest BCUT2D eigenvalue weighted by Crippen LogP contribution is 2.53. The van der Waals surface area contributed by atoms with E-state index in [1.54, 1.807) is 0 Å². The number of furan rings is 1. The molecule has 58 heavy (non-hydrogen) atoms. The molecule has 0 fully saturated rings. The largest absolute Gasteiger partial charge is 0.455 e. The molecule has 0 amide bonds. The maximum absolute atomic E-state index is 7.16. The van der Waals surface area contributed by atoms with Gasteiger partial charge in [0.25, 0.3) is 0 Å². The lowest BCUT2D eigenvalue weighted by molar-refractivity contribution is 0.658. The fraction of sp³-hybridized carbons (Fsp3) is 0.123. The molecule has 0 saturated heterocycles. The lowest BCUT2D eigenvalue weighted by atomic mass is 9.78. The molecule has 1 aromatic heterocycles. The van der Waals surface area contributed by atoms with E-state index in [2.05, 4.69) is 204 Å². The van der Waals surface area contributed by atoms with Crippen LogP contribution in [0.3, 0.4) is 0 Å². The molecule has 0 aliphatic heterocycles.